The predicted molar refractivity (Wildman–Crippen MR) is 124 cm³/mol. The summed E-state index contributed by atoms with van der Waals surface area (Å²) in [5.41, 5.74) is 1.36. The molecule has 0 aliphatic carbocycles. The lowest BCUT2D eigenvalue weighted by molar-refractivity contribution is 0.0531. The van der Waals surface area contributed by atoms with Gasteiger partial charge in [0, 0.05) is 38.3 Å². The lowest BCUT2D eigenvalue weighted by atomic mass is 9.74. The number of ether oxygens (including phenoxy) is 2. The molecule has 6 nitrogen and oxygen atoms in total. The van der Waals surface area contributed by atoms with E-state index in [1.165, 1.54) is 37.9 Å². The number of benzene rings is 1. The third kappa shape index (κ3) is 6.61. The molecule has 168 valence electrons. The van der Waals surface area contributed by atoms with Crippen LogP contribution in [0.15, 0.2) is 29.3 Å². The monoisotopic (exact) mass is 416 g/mol. The van der Waals surface area contributed by atoms with Crippen molar-refractivity contribution in [2.75, 3.05) is 59.1 Å². The Morgan fingerprint density at radius 1 is 1.07 bits per heavy atom. The first-order valence-corrected chi connectivity index (χ1v) is 11.8. The van der Waals surface area contributed by atoms with Crippen LogP contribution in [0.4, 0.5) is 0 Å². The summed E-state index contributed by atoms with van der Waals surface area (Å²) >= 11 is 0. The van der Waals surface area contributed by atoms with Gasteiger partial charge < -0.3 is 25.0 Å². The number of hydrogen-bond donors (Lipinski definition) is 2. The van der Waals surface area contributed by atoms with Crippen LogP contribution in [0.5, 0.6) is 5.75 Å². The van der Waals surface area contributed by atoms with Gasteiger partial charge >= 0.3 is 0 Å². The summed E-state index contributed by atoms with van der Waals surface area (Å²) < 4.78 is 11.3. The highest BCUT2D eigenvalue weighted by Gasteiger charge is 2.34. The Morgan fingerprint density at radius 2 is 1.80 bits per heavy atom. The van der Waals surface area contributed by atoms with E-state index in [0.717, 1.165) is 63.9 Å². The van der Waals surface area contributed by atoms with Gasteiger partial charge in [-0.05, 0) is 70.3 Å². The third-order valence-electron chi connectivity index (χ3n) is 6.28. The Hall–Kier alpha value is -1.79. The molecule has 30 heavy (non-hydrogen) atoms. The average Bonchev–Trinajstić information content (AvgIpc) is 2.79. The van der Waals surface area contributed by atoms with Gasteiger partial charge in [-0.1, -0.05) is 18.6 Å². The fourth-order valence-corrected chi connectivity index (χ4v) is 4.46. The number of nitrogens with zero attached hydrogens (tertiary/aromatic N) is 2. The second kappa shape index (κ2) is 12.2. The first kappa shape index (κ1) is 22.9. The smallest absolute Gasteiger partial charge is 0.191 e. The number of hydrogen-bond acceptors (Lipinski definition) is 4. The fourth-order valence-electron chi connectivity index (χ4n) is 4.46. The number of piperidine rings is 1. The van der Waals surface area contributed by atoms with E-state index in [2.05, 4.69) is 46.7 Å². The summed E-state index contributed by atoms with van der Waals surface area (Å²) in [6.07, 6.45) is 6.04. The van der Waals surface area contributed by atoms with Gasteiger partial charge in [0.1, 0.15) is 5.75 Å². The first-order chi connectivity index (χ1) is 14.8. The Balaban J connectivity index is 1.64. The largest absolute Gasteiger partial charge is 0.494 e. The highest BCUT2D eigenvalue weighted by molar-refractivity contribution is 5.79. The van der Waals surface area contributed by atoms with Gasteiger partial charge in [0.05, 0.1) is 13.2 Å². The number of rotatable bonds is 9. The highest BCUT2D eigenvalue weighted by atomic mass is 16.5. The minimum absolute atomic E-state index is 0.0260. The van der Waals surface area contributed by atoms with Gasteiger partial charge in [0.25, 0.3) is 0 Å². The Labute approximate surface area is 182 Å². The molecule has 0 aromatic heterocycles. The van der Waals surface area contributed by atoms with Gasteiger partial charge in [-0.2, -0.15) is 0 Å². The fraction of sp³-hybridized carbons (Fsp3) is 0.708. The van der Waals surface area contributed by atoms with Gasteiger partial charge in [-0.25, -0.2) is 0 Å². The molecule has 0 atom stereocenters. The van der Waals surface area contributed by atoms with Crippen LogP contribution in [0.3, 0.4) is 0 Å². The normalized spacial score (nSPS) is 20.0. The third-order valence-corrected chi connectivity index (χ3v) is 6.28. The van der Waals surface area contributed by atoms with Crippen molar-refractivity contribution in [3.63, 3.8) is 0 Å². The maximum absolute atomic E-state index is 5.68. The van der Waals surface area contributed by atoms with E-state index in [4.69, 9.17) is 14.5 Å². The standard InChI is InChI=1S/C24H40N4O2/c1-3-25-23(26-14-17-28-15-6-5-7-16-28)27-20-24(12-18-29-19-13-24)21-8-10-22(11-9-21)30-4-2/h8-11H,3-7,12-20H2,1-2H3,(H2,25,26,27). The lowest BCUT2D eigenvalue weighted by Gasteiger charge is -2.36. The minimum Gasteiger partial charge on any atom is -0.494 e. The summed E-state index contributed by atoms with van der Waals surface area (Å²) in [4.78, 5) is 7.57. The van der Waals surface area contributed by atoms with Crippen LogP contribution in [-0.2, 0) is 10.2 Å². The van der Waals surface area contributed by atoms with Gasteiger partial charge in [0.2, 0.25) is 0 Å². The molecule has 2 aliphatic heterocycles. The Kier molecular flexibility index (Phi) is 9.27. The van der Waals surface area contributed by atoms with E-state index in [-0.39, 0.29) is 5.41 Å². The number of aliphatic imine (C=N–C) groups is 1. The Morgan fingerprint density at radius 3 is 2.47 bits per heavy atom. The van der Waals surface area contributed by atoms with Crippen LogP contribution in [0.2, 0.25) is 0 Å². The van der Waals surface area contributed by atoms with Gasteiger partial charge in [-0.3, -0.25) is 4.99 Å². The van der Waals surface area contributed by atoms with Crippen molar-refractivity contribution < 1.29 is 9.47 Å². The molecule has 6 heteroatoms. The molecule has 2 heterocycles. The minimum atomic E-state index is 0.0260. The zero-order valence-electron chi connectivity index (χ0n) is 18.9. The van der Waals surface area contributed by atoms with Crippen LogP contribution in [-0.4, -0.2) is 69.9 Å². The van der Waals surface area contributed by atoms with Crippen molar-refractivity contribution in [3.8, 4) is 5.75 Å². The molecule has 2 N–H and O–H groups in total. The van der Waals surface area contributed by atoms with E-state index >= 15 is 0 Å². The summed E-state index contributed by atoms with van der Waals surface area (Å²) in [6.45, 7) is 12.5. The maximum Gasteiger partial charge on any atom is 0.191 e. The zero-order valence-corrected chi connectivity index (χ0v) is 18.9. The summed E-state index contributed by atoms with van der Waals surface area (Å²) in [5, 5.41) is 6.97. The van der Waals surface area contributed by atoms with E-state index in [1.807, 2.05) is 6.92 Å². The molecule has 0 bridgehead atoms. The van der Waals surface area contributed by atoms with Crippen LogP contribution >= 0.6 is 0 Å². The second-order valence-electron chi connectivity index (χ2n) is 8.37. The van der Waals surface area contributed by atoms with E-state index < -0.39 is 0 Å². The van der Waals surface area contributed by atoms with Gasteiger partial charge in [0.15, 0.2) is 5.96 Å². The van der Waals surface area contributed by atoms with E-state index in [0.29, 0.717) is 6.61 Å². The molecule has 3 rings (SSSR count). The molecular weight excluding hydrogens is 376 g/mol. The van der Waals surface area contributed by atoms with Crippen LogP contribution in [0.25, 0.3) is 0 Å². The van der Waals surface area contributed by atoms with Gasteiger partial charge in [-0.15, -0.1) is 0 Å². The quantitative estimate of drug-likeness (QED) is 0.478. The number of likely N-dealkylation sites (tertiary alicyclic amines) is 1. The van der Waals surface area contributed by atoms with Crippen molar-refractivity contribution in [1.82, 2.24) is 15.5 Å². The zero-order chi connectivity index (χ0) is 21.1. The summed E-state index contributed by atoms with van der Waals surface area (Å²) in [5.74, 6) is 1.85. The Bertz CT molecular complexity index is 635. The lowest BCUT2D eigenvalue weighted by Crippen LogP contribution is -2.44. The number of nitrogens with one attached hydrogen (secondary N) is 2. The molecule has 1 aromatic rings. The molecular formula is C24H40N4O2. The molecule has 0 amide bonds. The predicted octanol–water partition coefficient (Wildman–Crippen LogP) is 3.17. The average molecular weight is 417 g/mol. The molecule has 0 spiro atoms. The first-order valence-electron chi connectivity index (χ1n) is 11.8. The van der Waals surface area contributed by atoms with Crippen LogP contribution in [0.1, 0.15) is 51.5 Å². The highest BCUT2D eigenvalue weighted by Crippen LogP contribution is 2.36. The molecule has 0 radical (unpaired) electrons. The molecule has 0 saturated carbocycles. The van der Waals surface area contributed by atoms with Crippen LogP contribution in [0, 0.1) is 0 Å². The molecule has 2 fully saturated rings. The molecule has 0 unspecified atom stereocenters. The molecule has 2 aliphatic rings. The van der Waals surface area contributed by atoms with Crippen LogP contribution < -0.4 is 15.4 Å². The van der Waals surface area contributed by atoms with Crippen molar-refractivity contribution in [2.45, 2.75) is 51.4 Å². The molecule has 2 saturated heterocycles. The topological polar surface area (TPSA) is 58.1 Å². The van der Waals surface area contributed by atoms with Crippen molar-refractivity contribution in [1.29, 1.82) is 0 Å². The second-order valence-corrected chi connectivity index (χ2v) is 8.37. The molecule has 1 aromatic carbocycles. The van der Waals surface area contributed by atoms with E-state index in [1.54, 1.807) is 0 Å². The number of guanidine groups is 1. The maximum atomic E-state index is 5.68. The van der Waals surface area contributed by atoms with Crippen molar-refractivity contribution >= 4 is 5.96 Å². The van der Waals surface area contributed by atoms with Crippen molar-refractivity contribution in [2.24, 2.45) is 4.99 Å². The summed E-state index contributed by atoms with van der Waals surface area (Å²) in [7, 11) is 0. The SMILES string of the molecule is CCNC(=NCC1(c2ccc(OCC)cc2)CCOCC1)NCCN1CCCCC1. The van der Waals surface area contributed by atoms with Crippen molar-refractivity contribution in [3.05, 3.63) is 29.8 Å². The van der Waals surface area contributed by atoms with E-state index in [9.17, 15) is 0 Å². The summed E-state index contributed by atoms with van der Waals surface area (Å²) in [6, 6.07) is 8.59.